The summed E-state index contributed by atoms with van der Waals surface area (Å²) in [7, 11) is -3.60. The predicted octanol–water partition coefficient (Wildman–Crippen LogP) is 1.42. The SMILES string of the molecule is CCn1cc(S(=O)(=O)NCc2ccc3c(c2)OCO3)c(C)n1. The molecule has 1 aliphatic heterocycles. The molecule has 1 aromatic carbocycles. The highest BCUT2D eigenvalue weighted by atomic mass is 32.2. The molecule has 8 heteroatoms. The molecule has 22 heavy (non-hydrogen) atoms. The van der Waals surface area contributed by atoms with E-state index in [0.717, 1.165) is 5.56 Å². The second kappa shape index (κ2) is 5.62. The van der Waals surface area contributed by atoms with E-state index in [2.05, 4.69) is 9.82 Å². The van der Waals surface area contributed by atoms with Crippen molar-refractivity contribution in [3.63, 3.8) is 0 Å². The first-order chi connectivity index (χ1) is 10.5. The molecular formula is C14H17N3O4S. The first-order valence-corrected chi connectivity index (χ1v) is 8.40. The second-order valence-corrected chi connectivity index (χ2v) is 6.68. The molecule has 0 saturated carbocycles. The lowest BCUT2D eigenvalue weighted by molar-refractivity contribution is 0.174. The maximum absolute atomic E-state index is 12.4. The average Bonchev–Trinajstić information content (AvgIpc) is 3.10. The Kier molecular flexibility index (Phi) is 3.79. The van der Waals surface area contributed by atoms with Crippen LogP contribution in [-0.4, -0.2) is 25.0 Å². The van der Waals surface area contributed by atoms with Crippen LogP contribution in [0.4, 0.5) is 0 Å². The summed E-state index contributed by atoms with van der Waals surface area (Å²) in [6.45, 7) is 4.58. The third-order valence-corrected chi connectivity index (χ3v) is 4.92. The van der Waals surface area contributed by atoms with E-state index in [0.29, 0.717) is 23.7 Å². The third-order valence-electron chi connectivity index (χ3n) is 3.42. The molecule has 7 nitrogen and oxygen atoms in total. The lowest BCUT2D eigenvalue weighted by atomic mass is 10.2. The van der Waals surface area contributed by atoms with Crippen LogP contribution >= 0.6 is 0 Å². The molecule has 0 aliphatic carbocycles. The molecular weight excluding hydrogens is 306 g/mol. The summed E-state index contributed by atoms with van der Waals surface area (Å²) in [5, 5.41) is 4.16. The van der Waals surface area contributed by atoms with Crippen molar-refractivity contribution < 1.29 is 17.9 Å². The van der Waals surface area contributed by atoms with Crippen LogP contribution in [-0.2, 0) is 23.1 Å². The van der Waals surface area contributed by atoms with Crippen molar-refractivity contribution in [2.45, 2.75) is 31.8 Å². The fraction of sp³-hybridized carbons (Fsp3) is 0.357. The van der Waals surface area contributed by atoms with Crippen molar-refractivity contribution in [1.29, 1.82) is 0 Å². The Bertz CT molecular complexity index is 798. The van der Waals surface area contributed by atoms with E-state index in [-0.39, 0.29) is 18.2 Å². The van der Waals surface area contributed by atoms with Gasteiger partial charge in [-0.2, -0.15) is 5.10 Å². The largest absolute Gasteiger partial charge is 0.454 e. The molecule has 0 bridgehead atoms. The van der Waals surface area contributed by atoms with Crippen molar-refractivity contribution >= 4 is 10.0 Å². The van der Waals surface area contributed by atoms with Gasteiger partial charge in [0.15, 0.2) is 11.5 Å². The quantitative estimate of drug-likeness (QED) is 0.900. The fourth-order valence-electron chi connectivity index (χ4n) is 2.23. The highest BCUT2D eigenvalue weighted by Crippen LogP contribution is 2.32. The van der Waals surface area contributed by atoms with Gasteiger partial charge in [-0.15, -0.1) is 0 Å². The highest BCUT2D eigenvalue weighted by Gasteiger charge is 2.20. The van der Waals surface area contributed by atoms with E-state index in [1.165, 1.54) is 6.20 Å². The number of fused-ring (bicyclic) bond motifs is 1. The normalized spacial score (nSPS) is 13.5. The zero-order valence-electron chi connectivity index (χ0n) is 12.4. The Morgan fingerprint density at radius 1 is 1.32 bits per heavy atom. The molecule has 0 amide bonds. The van der Waals surface area contributed by atoms with E-state index in [9.17, 15) is 8.42 Å². The standard InChI is InChI=1S/C14H17N3O4S/c1-3-17-8-14(10(2)16-17)22(18,19)15-7-11-4-5-12-13(6-11)21-9-20-12/h4-6,8,15H,3,7,9H2,1-2H3. The van der Waals surface area contributed by atoms with Gasteiger partial charge >= 0.3 is 0 Å². The van der Waals surface area contributed by atoms with Crippen LogP contribution in [0.15, 0.2) is 29.3 Å². The number of nitrogens with one attached hydrogen (secondary N) is 1. The van der Waals surface area contributed by atoms with Gasteiger partial charge in [-0.1, -0.05) is 6.07 Å². The summed E-state index contributed by atoms with van der Waals surface area (Å²) in [4.78, 5) is 0.204. The van der Waals surface area contributed by atoms with Gasteiger partial charge in [-0.05, 0) is 31.5 Å². The van der Waals surface area contributed by atoms with Gasteiger partial charge in [-0.3, -0.25) is 4.68 Å². The average molecular weight is 323 g/mol. The van der Waals surface area contributed by atoms with Crippen LogP contribution in [0.3, 0.4) is 0 Å². The molecule has 1 N–H and O–H groups in total. The summed E-state index contributed by atoms with van der Waals surface area (Å²) in [6, 6.07) is 5.35. The molecule has 2 heterocycles. The molecule has 2 aromatic rings. The number of hydrogen-bond acceptors (Lipinski definition) is 5. The Morgan fingerprint density at radius 3 is 2.82 bits per heavy atom. The van der Waals surface area contributed by atoms with E-state index in [1.807, 2.05) is 6.92 Å². The van der Waals surface area contributed by atoms with Crippen molar-refractivity contribution in [1.82, 2.24) is 14.5 Å². The lowest BCUT2D eigenvalue weighted by Gasteiger charge is -2.06. The summed E-state index contributed by atoms with van der Waals surface area (Å²) in [6.07, 6.45) is 1.54. The maximum atomic E-state index is 12.4. The highest BCUT2D eigenvalue weighted by molar-refractivity contribution is 7.89. The van der Waals surface area contributed by atoms with E-state index >= 15 is 0 Å². The third kappa shape index (κ3) is 2.79. The number of benzene rings is 1. The minimum absolute atomic E-state index is 0.176. The number of ether oxygens (including phenoxy) is 2. The number of hydrogen-bond donors (Lipinski definition) is 1. The lowest BCUT2D eigenvalue weighted by Crippen LogP contribution is -2.23. The zero-order chi connectivity index (χ0) is 15.7. The summed E-state index contributed by atoms with van der Waals surface area (Å²) in [5.74, 6) is 1.30. The van der Waals surface area contributed by atoms with Crippen molar-refractivity contribution in [2.24, 2.45) is 0 Å². The topological polar surface area (TPSA) is 82.5 Å². The number of aromatic nitrogens is 2. The predicted molar refractivity (Wildman–Crippen MR) is 79.2 cm³/mol. The second-order valence-electron chi connectivity index (χ2n) is 4.95. The molecule has 0 atom stereocenters. The first kappa shape index (κ1) is 14.9. The van der Waals surface area contributed by atoms with Crippen molar-refractivity contribution in [3.05, 3.63) is 35.7 Å². The van der Waals surface area contributed by atoms with Crippen LogP contribution < -0.4 is 14.2 Å². The van der Waals surface area contributed by atoms with E-state index in [1.54, 1.807) is 29.8 Å². The molecule has 1 aromatic heterocycles. The molecule has 0 radical (unpaired) electrons. The summed E-state index contributed by atoms with van der Waals surface area (Å²) < 4.78 is 39.4. The van der Waals surface area contributed by atoms with Gasteiger partial charge in [0.05, 0.1) is 5.69 Å². The Morgan fingerprint density at radius 2 is 2.09 bits per heavy atom. The van der Waals surface area contributed by atoms with Crippen LogP contribution in [0.2, 0.25) is 0 Å². The summed E-state index contributed by atoms with van der Waals surface area (Å²) >= 11 is 0. The minimum atomic E-state index is -3.60. The van der Waals surface area contributed by atoms with Crippen molar-refractivity contribution in [2.75, 3.05) is 6.79 Å². The maximum Gasteiger partial charge on any atom is 0.244 e. The first-order valence-electron chi connectivity index (χ1n) is 6.92. The Hall–Kier alpha value is -2.06. The van der Waals surface area contributed by atoms with Crippen LogP contribution in [0.25, 0.3) is 0 Å². The number of sulfonamides is 1. The Labute approximate surface area is 128 Å². The molecule has 0 spiro atoms. The van der Waals surface area contributed by atoms with E-state index in [4.69, 9.17) is 9.47 Å². The van der Waals surface area contributed by atoms with Gasteiger partial charge in [-0.25, -0.2) is 13.1 Å². The molecule has 0 fully saturated rings. The Balaban J connectivity index is 1.76. The molecule has 1 aliphatic rings. The zero-order valence-corrected chi connectivity index (χ0v) is 13.2. The number of aryl methyl sites for hydroxylation is 2. The van der Waals surface area contributed by atoms with Crippen LogP contribution in [0.5, 0.6) is 11.5 Å². The van der Waals surface area contributed by atoms with Gasteiger partial charge in [0, 0.05) is 19.3 Å². The van der Waals surface area contributed by atoms with Gasteiger partial charge in [0.1, 0.15) is 4.90 Å². The minimum Gasteiger partial charge on any atom is -0.454 e. The van der Waals surface area contributed by atoms with Crippen molar-refractivity contribution in [3.8, 4) is 11.5 Å². The molecule has 0 unspecified atom stereocenters. The van der Waals surface area contributed by atoms with Gasteiger partial charge < -0.3 is 9.47 Å². The molecule has 3 rings (SSSR count). The molecule has 118 valence electrons. The van der Waals surface area contributed by atoms with Crippen LogP contribution in [0, 0.1) is 6.92 Å². The monoisotopic (exact) mass is 323 g/mol. The number of nitrogens with zero attached hydrogens (tertiary/aromatic N) is 2. The summed E-state index contributed by atoms with van der Waals surface area (Å²) in [5.41, 5.74) is 1.29. The number of rotatable bonds is 5. The molecule has 0 saturated heterocycles. The smallest absolute Gasteiger partial charge is 0.244 e. The van der Waals surface area contributed by atoms with E-state index < -0.39 is 10.0 Å². The van der Waals surface area contributed by atoms with Gasteiger partial charge in [0.25, 0.3) is 0 Å². The fourth-order valence-corrected chi connectivity index (χ4v) is 3.43. The van der Waals surface area contributed by atoms with Crippen LogP contribution in [0.1, 0.15) is 18.2 Å². The van der Waals surface area contributed by atoms with Gasteiger partial charge in [0.2, 0.25) is 16.8 Å².